The Morgan fingerprint density at radius 2 is 2.00 bits per heavy atom. The predicted molar refractivity (Wildman–Crippen MR) is 79.2 cm³/mol. The predicted octanol–water partition coefficient (Wildman–Crippen LogP) is 1.96. The molecule has 0 radical (unpaired) electrons. The van der Waals surface area contributed by atoms with Crippen molar-refractivity contribution in [1.82, 2.24) is 5.32 Å². The summed E-state index contributed by atoms with van der Waals surface area (Å²) in [5.74, 6) is -0.0439. The van der Waals surface area contributed by atoms with Crippen molar-refractivity contribution >= 4 is 5.97 Å². The minimum absolute atomic E-state index is 0.00979. The molecule has 5 heteroatoms. The summed E-state index contributed by atoms with van der Waals surface area (Å²) in [6.45, 7) is 5.75. The van der Waals surface area contributed by atoms with Gasteiger partial charge in [-0.15, -0.1) is 0 Å². The second-order valence-corrected chi connectivity index (χ2v) is 6.09. The number of carbonyl (C=O) groups excluding carboxylic acids is 1. The molecular formula is C16H23NO4. The van der Waals surface area contributed by atoms with Crippen LogP contribution in [0.15, 0.2) is 18.2 Å². The quantitative estimate of drug-likeness (QED) is 0.584. The van der Waals surface area contributed by atoms with E-state index in [1.807, 2.05) is 13.8 Å². The zero-order valence-electron chi connectivity index (χ0n) is 12.6. The molecule has 0 bridgehead atoms. The van der Waals surface area contributed by atoms with Crippen molar-refractivity contribution in [3.05, 3.63) is 23.8 Å². The Labute approximate surface area is 124 Å². The van der Waals surface area contributed by atoms with Crippen LogP contribution in [0.2, 0.25) is 0 Å². The molecule has 1 aromatic carbocycles. The van der Waals surface area contributed by atoms with Gasteiger partial charge < -0.3 is 20.3 Å². The Balaban J connectivity index is 1.98. The third kappa shape index (κ3) is 4.11. The van der Waals surface area contributed by atoms with Gasteiger partial charge in [-0.1, -0.05) is 0 Å². The van der Waals surface area contributed by atoms with Gasteiger partial charge in [0.2, 0.25) is 0 Å². The molecular weight excluding hydrogens is 270 g/mol. The molecule has 0 atom stereocenters. The van der Waals surface area contributed by atoms with Crippen LogP contribution in [0, 0.1) is 5.92 Å². The lowest BCUT2D eigenvalue weighted by atomic mass is 9.83. The highest BCUT2D eigenvalue weighted by Gasteiger charge is 2.34. The van der Waals surface area contributed by atoms with Gasteiger partial charge in [0.25, 0.3) is 0 Å². The summed E-state index contributed by atoms with van der Waals surface area (Å²) in [5, 5.41) is 22.4. The molecule has 1 aliphatic rings. The highest BCUT2D eigenvalue weighted by atomic mass is 16.6. The first-order chi connectivity index (χ1) is 9.88. The van der Waals surface area contributed by atoms with Gasteiger partial charge in [-0.05, 0) is 58.0 Å². The van der Waals surface area contributed by atoms with E-state index in [0.29, 0.717) is 11.5 Å². The van der Waals surface area contributed by atoms with Gasteiger partial charge >= 0.3 is 5.97 Å². The van der Waals surface area contributed by atoms with Crippen molar-refractivity contribution in [2.75, 3.05) is 13.1 Å². The Hall–Kier alpha value is -1.75. The van der Waals surface area contributed by atoms with E-state index in [0.717, 1.165) is 25.9 Å². The topological polar surface area (TPSA) is 78.8 Å². The van der Waals surface area contributed by atoms with Crippen molar-refractivity contribution in [2.24, 2.45) is 5.92 Å². The van der Waals surface area contributed by atoms with E-state index in [9.17, 15) is 15.0 Å². The number of phenolic OH excluding ortho intramolecular Hbond substituents is 2. The largest absolute Gasteiger partial charge is 0.508 e. The summed E-state index contributed by atoms with van der Waals surface area (Å²) in [6.07, 6.45) is 1.92. The van der Waals surface area contributed by atoms with Crippen molar-refractivity contribution in [3.63, 3.8) is 0 Å². The first-order valence-corrected chi connectivity index (χ1v) is 7.32. The first kappa shape index (κ1) is 15.6. The monoisotopic (exact) mass is 293 g/mol. The number of hydrogen-bond acceptors (Lipinski definition) is 5. The third-order valence-electron chi connectivity index (χ3n) is 4.10. The Morgan fingerprint density at radius 1 is 1.33 bits per heavy atom. The maximum Gasteiger partial charge on any atom is 0.310 e. The van der Waals surface area contributed by atoms with Gasteiger partial charge in [-0.3, -0.25) is 4.79 Å². The van der Waals surface area contributed by atoms with E-state index in [1.54, 1.807) is 0 Å². The van der Waals surface area contributed by atoms with Gasteiger partial charge in [0.1, 0.15) is 17.1 Å². The molecule has 0 unspecified atom stereocenters. The van der Waals surface area contributed by atoms with E-state index in [-0.39, 0.29) is 23.9 Å². The fourth-order valence-corrected chi connectivity index (χ4v) is 2.80. The molecule has 1 saturated heterocycles. The van der Waals surface area contributed by atoms with Crippen LogP contribution in [0.1, 0.15) is 32.3 Å². The molecule has 1 aromatic rings. The second-order valence-electron chi connectivity index (χ2n) is 6.09. The summed E-state index contributed by atoms with van der Waals surface area (Å²) in [5.41, 5.74) is -0.146. The van der Waals surface area contributed by atoms with Crippen molar-refractivity contribution in [2.45, 2.75) is 38.7 Å². The minimum Gasteiger partial charge on any atom is -0.508 e. The van der Waals surface area contributed by atoms with Crippen LogP contribution in [-0.2, 0) is 16.0 Å². The number of carbonyl (C=O) groups is 1. The maximum atomic E-state index is 12.1. The molecule has 0 saturated carbocycles. The van der Waals surface area contributed by atoms with Crippen LogP contribution >= 0.6 is 0 Å². The number of hydrogen-bond donors (Lipinski definition) is 3. The van der Waals surface area contributed by atoms with E-state index in [2.05, 4.69) is 5.32 Å². The molecule has 0 aliphatic carbocycles. The van der Waals surface area contributed by atoms with Crippen LogP contribution in [0.4, 0.5) is 0 Å². The third-order valence-corrected chi connectivity index (χ3v) is 4.10. The molecule has 3 N–H and O–H groups in total. The highest BCUT2D eigenvalue weighted by Crippen LogP contribution is 2.30. The number of piperidine rings is 1. The van der Waals surface area contributed by atoms with E-state index < -0.39 is 5.60 Å². The smallest absolute Gasteiger partial charge is 0.310 e. The summed E-state index contributed by atoms with van der Waals surface area (Å²) in [7, 11) is 0. The van der Waals surface area contributed by atoms with Gasteiger partial charge in [0, 0.05) is 11.5 Å². The SMILES string of the molecule is CC(C)(OC(=O)Cc1cc(O)ccc1O)C1CCNCC1. The normalized spacial score (nSPS) is 16.7. The van der Waals surface area contributed by atoms with Crippen molar-refractivity contribution in [1.29, 1.82) is 0 Å². The number of benzene rings is 1. The summed E-state index contributed by atoms with van der Waals surface area (Å²) in [6, 6.07) is 4.13. The lowest BCUT2D eigenvalue weighted by molar-refractivity contribution is -0.161. The zero-order valence-corrected chi connectivity index (χ0v) is 12.6. The molecule has 1 fully saturated rings. The molecule has 0 aromatic heterocycles. The number of phenols is 2. The summed E-state index contributed by atoms with van der Waals surface area (Å²) < 4.78 is 5.62. The zero-order chi connectivity index (χ0) is 15.5. The van der Waals surface area contributed by atoms with Gasteiger partial charge in [-0.2, -0.15) is 0 Å². The fraction of sp³-hybridized carbons (Fsp3) is 0.562. The van der Waals surface area contributed by atoms with Crippen LogP contribution in [0.3, 0.4) is 0 Å². The van der Waals surface area contributed by atoms with Gasteiger partial charge in [-0.25, -0.2) is 0 Å². The van der Waals surface area contributed by atoms with Crippen molar-refractivity contribution in [3.8, 4) is 11.5 Å². The lowest BCUT2D eigenvalue weighted by Crippen LogP contribution is -2.43. The Bertz CT molecular complexity index is 507. The number of aromatic hydroxyl groups is 2. The Kier molecular flexibility index (Phi) is 4.73. The number of rotatable bonds is 4. The molecule has 0 spiro atoms. The van der Waals surface area contributed by atoms with Crippen LogP contribution in [-0.4, -0.2) is 34.9 Å². The summed E-state index contributed by atoms with van der Waals surface area (Å²) in [4.78, 5) is 12.1. The molecule has 1 heterocycles. The summed E-state index contributed by atoms with van der Waals surface area (Å²) >= 11 is 0. The van der Waals surface area contributed by atoms with Gasteiger partial charge in [0.15, 0.2) is 0 Å². The van der Waals surface area contributed by atoms with E-state index in [4.69, 9.17) is 4.74 Å². The van der Waals surface area contributed by atoms with Crippen LogP contribution < -0.4 is 5.32 Å². The molecule has 116 valence electrons. The van der Waals surface area contributed by atoms with Crippen LogP contribution in [0.25, 0.3) is 0 Å². The van der Waals surface area contributed by atoms with E-state index >= 15 is 0 Å². The molecule has 1 aliphatic heterocycles. The second kappa shape index (κ2) is 6.35. The average molecular weight is 293 g/mol. The van der Waals surface area contributed by atoms with E-state index in [1.165, 1.54) is 18.2 Å². The minimum atomic E-state index is -0.522. The highest BCUT2D eigenvalue weighted by molar-refractivity contribution is 5.74. The molecule has 0 amide bonds. The standard InChI is InChI=1S/C16H23NO4/c1-16(2,12-5-7-17-8-6-12)21-15(20)10-11-9-13(18)3-4-14(11)19/h3-4,9,12,17-19H,5-8,10H2,1-2H3. The molecule has 2 rings (SSSR count). The number of nitrogens with one attached hydrogen (secondary N) is 1. The molecule has 21 heavy (non-hydrogen) atoms. The van der Waals surface area contributed by atoms with Gasteiger partial charge in [0.05, 0.1) is 6.42 Å². The maximum absolute atomic E-state index is 12.1. The van der Waals surface area contributed by atoms with Crippen molar-refractivity contribution < 1.29 is 19.7 Å². The van der Waals surface area contributed by atoms with Crippen LogP contribution in [0.5, 0.6) is 11.5 Å². The average Bonchev–Trinajstić information content (AvgIpc) is 2.43. The lowest BCUT2D eigenvalue weighted by Gasteiger charge is -2.36. The number of ether oxygens (including phenoxy) is 1. The molecule has 5 nitrogen and oxygen atoms in total. The fourth-order valence-electron chi connectivity index (χ4n) is 2.80. The first-order valence-electron chi connectivity index (χ1n) is 7.32. The Morgan fingerprint density at radius 3 is 2.67 bits per heavy atom. The number of esters is 1.